The number of anilines is 3. The van der Waals surface area contributed by atoms with Crippen molar-refractivity contribution in [1.29, 1.82) is 0 Å². The second-order valence-corrected chi connectivity index (χ2v) is 6.36. The van der Waals surface area contributed by atoms with Crippen LogP contribution in [0, 0.1) is 0 Å². The second-order valence-electron chi connectivity index (χ2n) is 6.36. The Morgan fingerprint density at radius 3 is 2.00 bits per heavy atom. The van der Waals surface area contributed by atoms with Crippen LogP contribution in [0.4, 0.5) is 17.1 Å². The summed E-state index contributed by atoms with van der Waals surface area (Å²) < 4.78 is 10.4. The van der Waals surface area contributed by atoms with Crippen molar-refractivity contribution in [1.82, 2.24) is 0 Å². The lowest BCUT2D eigenvalue weighted by atomic mass is 10.1. The van der Waals surface area contributed by atoms with Gasteiger partial charge in [-0.1, -0.05) is 0 Å². The van der Waals surface area contributed by atoms with Crippen molar-refractivity contribution in [3.05, 3.63) is 71.3 Å². The molecule has 0 saturated heterocycles. The number of hydrogen-bond donors (Lipinski definition) is 5. The van der Waals surface area contributed by atoms with Crippen LogP contribution in [0.25, 0.3) is 0 Å². The van der Waals surface area contributed by atoms with E-state index >= 15 is 0 Å². The van der Waals surface area contributed by atoms with Gasteiger partial charge in [-0.15, -0.1) is 0 Å². The van der Waals surface area contributed by atoms with Gasteiger partial charge in [-0.3, -0.25) is 0 Å². The number of esters is 2. The fraction of sp³-hybridized carbons (Fsp3) is 0. The van der Waals surface area contributed by atoms with Crippen LogP contribution < -0.4 is 26.7 Å². The summed E-state index contributed by atoms with van der Waals surface area (Å²) >= 11 is 0. The van der Waals surface area contributed by atoms with Gasteiger partial charge in [0.05, 0.1) is 11.1 Å². The van der Waals surface area contributed by atoms with Crippen LogP contribution in [0.2, 0.25) is 0 Å². The van der Waals surface area contributed by atoms with E-state index in [9.17, 15) is 24.6 Å². The smallest absolute Gasteiger partial charge is 0.345 e. The molecular formula is C21H17N3O7. The molecule has 0 saturated carbocycles. The molecule has 0 spiro atoms. The van der Waals surface area contributed by atoms with E-state index in [1.54, 1.807) is 0 Å². The summed E-state index contributed by atoms with van der Waals surface area (Å²) in [5.41, 5.74) is 16.8. The number of rotatable bonds is 5. The van der Waals surface area contributed by atoms with Crippen molar-refractivity contribution in [2.75, 3.05) is 17.2 Å². The Labute approximate surface area is 175 Å². The third kappa shape index (κ3) is 4.65. The average Bonchev–Trinajstić information content (AvgIpc) is 2.72. The number of carboxylic acid groups (broad SMARTS) is 1. The highest BCUT2D eigenvalue weighted by Gasteiger charge is 2.20. The summed E-state index contributed by atoms with van der Waals surface area (Å²) in [6, 6.07) is 11.4. The number of benzene rings is 3. The molecule has 158 valence electrons. The van der Waals surface area contributed by atoms with Crippen LogP contribution in [0.3, 0.4) is 0 Å². The van der Waals surface area contributed by atoms with Crippen molar-refractivity contribution in [3.8, 4) is 17.2 Å². The largest absolute Gasteiger partial charge is 0.508 e. The zero-order chi connectivity index (χ0) is 22.7. The molecule has 0 unspecified atom stereocenters. The monoisotopic (exact) mass is 423 g/mol. The minimum atomic E-state index is -1.34. The van der Waals surface area contributed by atoms with Crippen LogP contribution in [-0.4, -0.2) is 28.1 Å². The molecule has 0 aliphatic heterocycles. The third-order valence-electron chi connectivity index (χ3n) is 4.15. The molecule has 8 N–H and O–H groups in total. The SMILES string of the molecule is Nc1ccc(OC(=O)c2cc(OC(=O)c3cc(O)ccc3N)ccc2N)c(C(=O)O)c1. The van der Waals surface area contributed by atoms with Crippen LogP contribution in [-0.2, 0) is 0 Å². The molecule has 0 atom stereocenters. The van der Waals surface area contributed by atoms with Gasteiger partial charge in [-0.05, 0) is 54.6 Å². The Bertz CT molecular complexity index is 1210. The van der Waals surface area contributed by atoms with E-state index in [4.69, 9.17) is 26.7 Å². The van der Waals surface area contributed by atoms with Crippen LogP contribution in [0.15, 0.2) is 54.6 Å². The van der Waals surface area contributed by atoms with Gasteiger partial charge in [0, 0.05) is 17.1 Å². The standard InChI is InChI=1S/C21H17N3O7/c22-10-1-6-18(15(7-10)19(26)27)31-21(29)14-9-12(3-5-17(14)24)30-20(28)13-8-11(25)2-4-16(13)23/h1-9,25H,22-24H2,(H,26,27). The number of phenols is 1. The van der Waals surface area contributed by atoms with E-state index in [-0.39, 0.29) is 51.0 Å². The molecule has 0 fully saturated rings. The second kappa shape index (κ2) is 8.33. The first-order valence-electron chi connectivity index (χ1n) is 8.71. The number of carbonyl (C=O) groups excluding carboxylic acids is 2. The molecule has 0 bridgehead atoms. The molecule has 3 aromatic carbocycles. The molecule has 10 heteroatoms. The molecule has 0 radical (unpaired) electrons. The van der Waals surface area contributed by atoms with Gasteiger partial charge in [-0.25, -0.2) is 14.4 Å². The average molecular weight is 423 g/mol. The molecule has 10 nitrogen and oxygen atoms in total. The first-order valence-corrected chi connectivity index (χ1v) is 8.71. The molecule has 0 amide bonds. The maximum absolute atomic E-state index is 12.6. The van der Waals surface area contributed by atoms with Crippen LogP contribution in [0.5, 0.6) is 17.2 Å². The molecule has 0 aromatic heterocycles. The lowest BCUT2D eigenvalue weighted by Gasteiger charge is -2.11. The minimum Gasteiger partial charge on any atom is -0.508 e. The Morgan fingerprint density at radius 2 is 1.32 bits per heavy atom. The summed E-state index contributed by atoms with van der Waals surface area (Å²) in [5.74, 6) is -3.65. The summed E-state index contributed by atoms with van der Waals surface area (Å²) in [6.45, 7) is 0. The maximum atomic E-state index is 12.6. The molecule has 0 aliphatic carbocycles. The molecule has 31 heavy (non-hydrogen) atoms. The number of nitrogens with two attached hydrogens (primary N) is 3. The van der Waals surface area contributed by atoms with E-state index in [1.807, 2.05) is 0 Å². The zero-order valence-electron chi connectivity index (χ0n) is 15.9. The van der Waals surface area contributed by atoms with Gasteiger partial charge in [0.15, 0.2) is 0 Å². The van der Waals surface area contributed by atoms with Crippen molar-refractivity contribution < 1.29 is 34.1 Å². The molecule has 3 aromatic rings. The Balaban J connectivity index is 1.86. The fourth-order valence-corrected chi connectivity index (χ4v) is 2.62. The van der Waals surface area contributed by atoms with Crippen molar-refractivity contribution in [3.63, 3.8) is 0 Å². The Kier molecular flexibility index (Phi) is 5.64. The predicted molar refractivity (Wildman–Crippen MR) is 111 cm³/mol. The van der Waals surface area contributed by atoms with Gasteiger partial charge in [-0.2, -0.15) is 0 Å². The maximum Gasteiger partial charge on any atom is 0.345 e. The number of aromatic hydroxyl groups is 1. The highest BCUT2D eigenvalue weighted by atomic mass is 16.5. The van der Waals surface area contributed by atoms with Gasteiger partial charge in [0.25, 0.3) is 0 Å². The summed E-state index contributed by atoms with van der Waals surface area (Å²) in [4.78, 5) is 36.3. The molecule has 0 heterocycles. The highest BCUT2D eigenvalue weighted by Crippen LogP contribution is 2.27. The van der Waals surface area contributed by atoms with Gasteiger partial charge < -0.3 is 36.9 Å². The van der Waals surface area contributed by atoms with Crippen molar-refractivity contribution in [2.45, 2.75) is 0 Å². The third-order valence-corrected chi connectivity index (χ3v) is 4.15. The van der Waals surface area contributed by atoms with E-state index < -0.39 is 17.9 Å². The number of hydrogen-bond acceptors (Lipinski definition) is 9. The van der Waals surface area contributed by atoms with E-state index in [1.165, 1.54) is 36.4 Å². The first-order chi connectivity index (χ1) is 14.7. The van der Waals surface area contributed by atoms with Crippen LogP contribution >= 0.6 is 0 Å². The fourth-order valence-electron chi connectivity index (χ4n) is 2.62. The van der Waals surface area contributed by atoms with E-state index in [0.717, 1.165) is 18.2 Å². The van der Waals surface area contributed by atoms with Gasteiger partial charge in [0.1, 0.15) is 22.8 Å². The van der Waals surface area contributed by atoms with Crippen molar-refractivity contribution >= 4 is 35.0 Å². The number of carboxylic acids is 1. The quantitative estimate of drug-likeness (QED) is 0.176. The minimum absolute atomic E-state index is 0.00832. The topological polar surface area (TPSA) is 188 Å². The lowest BCUT2D eigenvalue weighted by Crippen LogP contribution is -2.15. The number of nitrogen functional groups attached to an aromatic ring is 3. The molecule has 0 aliphatic rings. The lowest BCUT2D eigenvalue weighted by molar-refractivity contribution is 0.0676. The normalized spacial score (nSPS) is 10.3. The molecular weight excluding hydrogens is 406 g/mol. The van der Waals surface area contributed by atoms with E-state index in [2.05, 4.69) is 0 Å². The number of aromatic carboxylic acids is 1. The van der Waals surface area contributed by atoms with Gasteiger partial charge >= 0.3 is 17.9 Å². The zero-order valence-corrected chi connectivity index (χ0v) is 15.9. The van der Waals surface area contributed by atoms with Gasteiger partial charge in [0.2, 0.25) is 0 Å². The number of phenolic OH excluding ortho intramolecular Hbond substituents is 1. The van der Waals surface area contributed by atoms with Crippen LogP contribution in [0.1, 0.15) is 31.1 Å². The number of ether oxygens (including phenoxy) is 2. The highest BCUT2D eigenvalue weighted by molar-refractivity contribution is 6.00. The Hall–Kier alpha value is -4.73. The van der Waals surface area contributed by atoms with Crippen molar-refractivity contribution in [2.24, 2.45) is 0 Å². The summed E-state index contributed by atoms with van der Waals surface area (Å²) in [5, 5.41) is 18.8. The number of carbonyl (C=O) groups is 3. The molecule has 3 rings (SSSR count). The predicted octanol–water partition coefficient (Wildman–Crippen LogP) is 2.28. The Morgan fingerprint density at radius 1 is 0.710 bits per heavy atom. The summed E-state index contributed by atoms with van der Waals surface area (Å²) in [6.07, 6.45) is 0. The summed E-state index contributed by atoms with van der Waals surface area (Å²) in [7, 11) is 0. The van der Waals surface area contributed by atoms with E-state index in [0.29, 0.717) is 0 Å². The first kappa shape index (κ1) is 21.0.